The number of Topliss-reactive ketones (excluding diaryl/α,β-unsaturated/α-hetero) is 1. The fraction of sp³-hybridized carbons (Fsp3) is 0.636. The second kappa shape index (κ2) is 12.1. The molecule has 1 aromatic rings. The van der Waals surface area contributed by atoms with Gasteiger partial charge in [-0.2, -0.15) is 5.26 Å². The molecule has 0 radical (unpaired) electrons. The number of carbonyl (C=O) groups excluding carboxylic acids is 1. The summed E-state index contributed by atoms with van der Waals surface area (Å²) in [6, 6.07) is 9.71. The van der Waals surface area contributed by atoms with E-state index in [1.807, 2.05) is 24.3 Å². The first kappa shape index (κ1) is 20.9. The van der Waals surface area contributed by atoms with Crippen molar-refractivity contribution in [1.82, 2.24) is 0 Å². The molecule has 2 rings (SSSR count). The van der Waals surface area contributed by atoms with E-state index < -0.39 is 0 Å². The summed E-state index contributed by atoms with van der Waals surface area (Å²) in [7, 11) is 0. The van der Waals surface area contributed by atoms with E-state index in [1.165, 1.54) is 32.1 Å². The smallest absolute Gasteiger partial charge is 0.138 e. The molecule has 1 fully saturated rings. The van der Waals surface area contributed by atoms with Gasteiger partial charge in [0.1, 0.15) is 5.78 Å². The zero-order chi connectivity index (χ0) is 18.6. The largest absolute Gasteiger partial charge is 0.372 e. The van der Waals surface area contributed by atoms with Crippen molar-refractivity contribution >= 4 is 17.4 Å². The average molecular weight is 376 g/mol. The molecular formula is C22H30ClNO2. The third-order valence-corrected chi connectivity index (χ3v) is 5.43. The summed E-state index contributed by atoms with van der Waals surface area (Å²) in [4.78, 5) is 13.0. The van der Waals surface area contributed by atoms with Gasteiger partial charge in [-0.05, 0) is 30.5 Å². The fourth-order valence-electron chi connectivity index (χ4n) is 3.72. The maximum absolute atomic E-state index is 13.0. The Bertz CT molecular complexity index is 579. The molecular weight excluding hydrogens is 346 g/mol. The van der Waals surface area contributed by atoms with Gasteiger partial charge in [-0.25, -0.2) is 0 Å². The molecule has 0 amide bonds. The van der Waals surface area contributed by atoms with E-state index in [0.29, 0.717) is 30.3 Å². The van der Waals surface area contributed by atoms with E-state index in [0.717, 1.165) is 31.2 Å². The molecule has 1 aliphatic carbocycles. The second-order valence-corrected chi connectivity index (χ2v) is 7.63. The number of ether oxygens (including phenoxy) is 1. The number of hydrogen-bond donors (Lipinski definition) is 0. The number of rotatable bonds is 5. The Balaban J connectivity index is 2.16. The zero-order valence-corrected chi connectivity index (χ0v) is 16.3. The average Bonchev–Trinajstić information content (AvgIpc) is 2.64. The van der Waals surface area contributed by atoms with Gasteiger partial charge < -0.3 is 4.74 Å². The lowest BCUT2D eigenvalue weighted by molar-refractivity contribution is -0.129. The van der Waals surface area contributed by atoms with Gasteiger partial charge in [0.15, 0.2) is 0 Å². The molecule has 1 saturated carbocycles. The Kier molecular flexibility index (Phi) is 9.74. The molecule has 142 valence electrons. The number of carbonyl (C=O) groups is 1. The molecule has 0 unspecified atom stereocenters. The maximum atomic E-state index is 13.0. The Labute approximate surface area is 162 Å². The molecule has 1 aliphatic rings. The molecule has 2 atom stereocenters. The molecule has 0 N–H and O–H groups in total. The third kappa shape index (κ3) is 7.09. The Morgan fingerprint density at radius 1 is 1.04 bits per heavy atom. The number of benzene rings is 1. The monoisotopic (exact) mass is 375 g/mol. The Morgan fingerprint density at radius 2 is 1.65 bits per heavy atom. The number of halogens is 1. The minimum atomic E-state index is -0.281. The van der Waals surface area contributed by atoms with E-state index in [-0.39, 0.29) is 12.0 Å². The first-order valence-electron chi connectivity index (χ1n) is 9.99. The van der Waals surface area contributed by atoms with Crippen LogP contribution in [0.25, 0.3) is 0 Å². The van der Waals surface area contributed by atoms with Gasteiger partial charge in [0.05, 0.1) is 25.2 Å². The van der Waals surface area contributed by atoms with Crippen molar-refractivity contribution in [2.24, 2.45) is 5.92 Å². The summed E-state index contributed by atoms with van der Waals surface area (Å²) in [5.41, 5.74) is 0.984. The molecule has 0 aromatic heterocycles. The van der Waals surface area contributed by atoms with Crippen LogP contribution in [0.5, 0.6) is 0 Å². The first-order valence-corrected chi connectivity index (χ1v) is 10.4. The van der Waals surface area contributed by atoms with Crippen molar-refractivity contribution in [1.29, 1.82) is 5.26 Å². The molecule has 0 spiro atoms. The van der Waals surface area contributed by atoms with Crippen LogP contribution in [-0.2, 0) is 9.53 Å². The number of nitrogens with zero attached hydrogens (tertiary/aromatic N) is 1. The molecule has 0 bridgehead atoms. The van der Waals surface area contributed by atoms with Gasteiger partial charge >= 0.3 is 0 Å². The standard InChI is InChI=1S/C22H30ClNO2/c23-19-14-12-18(13-15-19)22(26-17-9-16-24)20-10-7-5-3-1-2-4-6-8-11-21(20)25/h12-15,20,22H,1-11,17H2/t20-,22+/m0/s1. The van der Waals surface area contributed by atoms with E-state index in [2.05, 4.69) is 6.07 Å². The highest BCUT2D eigenvalue weighted by Gasteiger charge is 2.29. The van der Waals surface area contributed by atoms with Crippen LogP contribution in [0.15, 0.2) is 24.3 Å². The molecule has 0 saturated heterocycles. The van der Waals surface area contributed by atoms with Crippen LogP contribution in [0.4, 0.5) is 0 Å². The molecule has 1 aromatic carbocycles. The lowest BCUT2D eigenvalue weighted by Gasteiger charge is -2.27. The molecule has 0 aliphatic heterocycles. The molecule has 26 heavy (non-hydrogen) atoms. The Morgan fingerprint density at radius 3 is 2.31 bits per heavy atom. The van der Waals surface area contributed by atoms with Crippen molar-refractivity contribution in [2.75, 3.05) is 6.61 Å². The van der Waals surface area contributed by atoms with Crippen LogP contribution < -0.4 is 0 Å². The van der Waals surface area contributed by atoms with E-state index in [9.17, 15) is 4.79 Å². The van der Waals surface area contributed by atoms with Crippen LogP contribution in [0.2, 0.25) is 5.02 Å². The number of ketones is 1. The van der Waals surface area contributed by atoms with Crippen LogP contribution in [0, 0.1) is 17.2 Å². The van der Waals surface area contributed by atoms with Crippen LogP contribution in [-0.4, -0.2) is 12.4 Å². The minimum absolute atomic E-state index is 0.130. The van der Waals surface area contributed by atoms with Crippen LogP contribution in [0.3, 0.4) is 0 Å². The summed E-state index contributed by atoms with van der Waals surface area (Å²) in [6.07, 6.45) is 11.0. The van der Waals surface area contributed by atoms with Crippen molar-refractivity contribution < 1.29 is 9.53 Å². The summed E-state index contributed by atoms with van der Waals surface area (Å²) >= 11 is 6.03. The highest BCUT2D eigenvalue weighted by Crippen LogP contribution is 2.33. The number of hydrogen-bond acceptors (Lipinski definition) is 3. The van der Waals surface area contributed by atoms with E-state index in [4.69, 9.17) is 21.6 Å². The second-order valence-electron chi connectivity index (χ2n) is 7.19. The predicted octanol–water partition coefficient (Wildman–Crippen LogP) is 6.41. The van der Waals surface area contributed by atoms with Gasteiger partial charge in [-0.1, -0.05) is 68.7 Å². The predicted molar refractivity (Wildman–Crippen MR) is 105 cm³/mol. The lowest BCUT2D eigenvalue weighted by atomic mass is 9.84. The third-order valence-electron chi connectivity index (χ3n) is 5.18. The quantitative estimate of drug-likeness (QED) is 0.558. The fourth-order valence-corrected chi connectivity index (χ4v) is 3.85. The highest BCUT2D eigenvalue weighted by molar-refractivity contribution is 6.30. The summed E-state index contributed by atoms with van der Waals surface area (Å²) in [5, 5.41) is 9.52. The zero-order valence-electron chi connectivity index (χ0n) is 15.6. The summed E-state index contributed by atoms with van der Waals surface area (Å²) < 4.78 is 6.06. The van der Waals surface area contributed by atoms with Crippen LogP contribution in [0.1, 0.15) is 82.3 Å². The van der Waals surface area contributed by atoms with E-state index in [1.54, 1.807) is 0 Å². The maximum Gasteiger partial charge on any atom is 0.138 e. The van der Waals surface area contributed by atoms with Gasteiger partial charge in [-0.15, -0.1) is 0 Å². The topological polar surface area (TPSA) is 50.1 Å². The Hall–Kier alpha value is -1.37. The highest BCUT2D eigenvalue weighted by atomic mass is 35.5. The number of nitriles is 1. The van der Waals surface area contributed by atoms with Crippen LogP contribution >= 0.6 is 11.6 Å². The van der Waals surface area contributed by atoms with Gasteiger partial charge in [0, 0.05) is 17.4 Å². The SMILES string of the molecule is N#CCCO[C@H](c1ccc(Cl)cc1)[C@H]1CCCCCCCCCCC1=O. The lowest BCUT2D eigenvalue weighted by Crippen LogP contribution is -2.25. The summed E-state index contributed by atoms with van der Waals surface area (Å²) in [5.74, 6) is 0.178. The van der Waals surface area contributed by atoms with Crippen molar-refractivity contribution in [3.05, 3.63) is 34.9 Å². The first-order chi connectivity index (χ1) is 12.7. The van der Waals surface area contributed by atoms with Gasteiger partial charge in [-0.3, -0.25) is 4.79 Å². The molecule has 0 heterocycles. The van der Waals surface area contributed by atoms with Gasteiger partial charge in [0.2, 0.25) is 0 Å². The van der Waals surface area contributed by atoms with Crippen molar-refractivity contribution in [2.45, 2.75) is 76.7 Å². The summed E-state index contributed by atoms with van der Waals surface area (Å²) in [6.45, 7) is 0.355. The van der Waals surface area contributed by atoms with Crippen molar-refractivity contribution in [3.8, 4) is 6.07 Å². The minimum Gasteiger partial charge on any atom is -0.372 e. The molecule has 3 nitrogen and oxygen atoms in total. The normalized spacial score (nSPS) is 21.2. The molecule has 4 heteroatoms. The van der Waals surface area contributed by atoms with E-state index >= 15 is 0 Å². The van der Waals surface area contributed by atoms with Gasteiger partial charge in [0.25, 0.3) is 0 Å². The van der Waals surface area contributed by atoms with Crippen molar-refractivity contribution in [3.63, 3.8) is 0 Å².